The Morgan fingerprint density at radius 1 is 1.32 bits per heavy atom. The molecule has 0 radical (unpaired) electrons. The summed E-state index contributed by atoms with van der Waals surface area (Å²) >= 11 is 6.13. The predicted molar refractivity (Wildman–Crippen MR) is 77.0 cm³/mol. The van der Waals surface area contributed by atoms with Crippen molar-refractivity contribution < 1.29 is 4.74 Å². The van der Waals surface area contributed by atoms with Gasteiger partial charge in [0, 0.05) is 19.3 Å². The molecule has 0 aromatic carbocycles. The summed E-state index contributed by atoms with van der Waals surface area (Å²) in [6.07, 6.45) is 2.45. The molecule has 0 saturated carbocycles. The number of pyridine rings is 1. The third-order valence-electron chi connectivity index (χ3n) is 3.45. The van der Waals surface area contributed by atoms with Gasteiger partial charge in [0.2, 0.25) is 0 Å². The van der Waals surface area contributed by atoms with Crippen LogP contribution < -0.4 is 4.90 Å². The van der Waals surface area contributed by atoms with Crippen LogP contribution in [0, 0.1) is 0 Å². The summed E-state index contributed by atoms with van der Waals surface area (Å²) in [5, 5.41) is 0. The molecule has 0 amide bonds. The minimum atomic E-state index is 0.219. The molecule has 19 heavy (non-hydrogen) atoms. The van der Waals surface area contributed by atoms with Crippen molar-refractivity contribution >= 4 is 23.1 Å². The van der Waals surface area contributed by atoms with Crippen molar-refractivity contribution in [2.45, 2.75) is 31.9 Å². The highest BCUT2D eigenvalue weighted by Crippen LogP contribution is 2.26. The van der Waals surface area contributed by atoms with Crippen molar-refractivity contribution in [1.82, 2.24) is 9.38 Å². The van der Waals surface area contributed by atoms with Crippen LogP contribution in [0.1, 0.15) is 19.5 Å². The SMILES string of the molecule is CC1CN(c2nc3ccccn3c2CCl)CC(C)O1. The average Bonchev–Trinajstić information content (AvgIpc) is 2.76. The number of alkyl halides is 1. The normalized spacial score (nSPS) is 24.1. The molecule has 2 aromatic heterocycles. The van der Waals surface area contributed by atoms with Gasteiger partial charge in [0.25, 0.3) is 0 Å². The summed E-state index contributed by atoms with van der Waals surface area (Å²) in [5.74, 6) is 1.45. The summed E-state index contributed by atoms with van der Waals surface area (Å²) < 4.78 is 7.84. The van der Waals surface area contributed by atoms with Crippen LogP contribution in [-0.4, -0.2) is 34.7 Å². The molecule has 1 saturated heterocycles. The Labute approximate surface area is 117 Å². The molecule has 3 heterocycles. The van der Waals surface area contributed by atoms with Crippen LogP contribution in [0.25, 0.3) is 5.65 Å². The maximum atomic E-state index is 6.13. The van der Waals surface area contributed by atoms with Crippen LogP contribution >= 0.6 is 11.6 Å². The second-order valence-corrected chi connectivity index (χ2v) is 5.37. The van der Waals surface area contributed by atoms with E-state index in [4.69, 9.17) is 21.3 Å². The number of anilines is 1. The second-order valence-electron chi connectivity index (χ2n) is 5.11. The Balaban J connectivity index is 2.04. The molecule has 0 spiro atoms. The van der Waals surface area contributed by atoms with Crippen molar-refractivity contribution in [2.24, 2.45) is 0 Å². The number of hydrogen-bond acceptors (Lipinski definition) is 3. The lowest BCUT2D eigenvalue weighted by molar-refractivity contribution is -0.00546. The van der Waals surface area contributed by atoms with Gasteiger partial charge in [-0.2, -0.15) is 0 Å². The lowest BCUT2D eigenvalue weighted by atomic mass is 10.2. The molecule has 2 unspecified atom stereocenters. The van der Waals surface area contributed by atoms with E-state index in [9.17, 15) is 0 Å². The Hall–Kier alpha value is -1.26. The zero-order valence-corrected chi connectivity index (χ0v) is 12.0. The largest absolute Gasteiger partial charge is 0.372 e. The molecule has 0 bridgehead atoms. The number of morpholine rings is 1. The first-order chi connectivity index (χ1) is 9.19. The lowest BCUT2D eigenvalue weighted by Crippen LogP contribution is -2.46. The van der Waals surface area contributed by atoms with Crippen LogP contribution in [0.3, 0.4) is 0 Å². The molecule has 2 atom stereocenters. The van der Waals surface area contributed by atoms with Crippen molar-refractivity contribution in [1.29, 1.82) is 0 Å². The molecule has 4 nitrogen and oxygen atoms in total. The first kappa shape index (κ1) is 12.8. The van der Waals surface area contributed by atoms with Crippen molar-refractivity contribution in [3.8, 4) is 0 Å². The number of fused-ring (bicyclic) bond motifs is 1. The van der Waals surface area contributed by atoms with E-state index in [1.54, 1.807) is 0 Å². The lowest BCUT2D eigenvalue weighted by Gasteiger charge is -2.35. The van der Waals surface area contributed by atoms with E-state index in [1.165, 1.54) is 0 Å². The molecule has 0 aliphatic carbocycles. The van der Waals surface area contributed by atoms with Gasteiger partial charge in [0.15, 0.2) is 5.82 Å². The first-order valence-corrected chi connectivity index (χ1v) is 7.15. The minimum absolute atomic E-state index is 0.219. The molecule has 1 fully saturated rings. The summed E-state index contributed by atoms with van der Waals surface area (Å²) in [4.78, 5) is 7.01. The summed E-state index contributed by atoms with van der Waals surface area (Å²) in [7, 11) is 0. The van der Waals surface area contributed by atoms with Gasteiger partial charge in [-0.25, -0.2) is 4.98 Å². The highest BCUT2D eigenvalue weighted by molar-refractivity contribution is 6.17. The molecule has 2 aromatic rings. The van der Waals surface area contributed by atoms with E-state index < -0.39 is 0 Å². The van der Waals surface area contributed by atoms with Crippen LogP contribution in [0.5, 0.6) is 0 Å². The fourth-order valence-electron chi connectivity index (χ4n) is 2.76. The number of halogens is 1. The van der Waals surface area contributed by atoms with Crippen LogP contribution in [0.15, 0.2) is 24.4 Å². The Bertz CT molecular complexity index is 573. The third-order valence-corrected chi connectivity index (χ3v) is 3.71. The van der Waals surface area contributed by atoms with E-state index in [-0.39, 0.29) is 12.2 Å². The molecule has 1 aliphatic rings. The Kier molecular flexibility index (Phi) is 3.37. The number of ether oxygens (including phenoxy) is 1. The van der Waals surface area contributed by atoms with Gasteiger partial charge < -0.3 is 14.0 Å². The van der Waals surface area contributed by atoms with E-state index >= 15 is 0 Å². The summed E-state index contributed by atoms with van der Waals surface area (Å²) in [6, 6.07) is 6.00. The van der Waals surface area contributed by atoms with Gasteiger partial charge in [-0.05, 0) is 26.0 Å². The topological polar surface area (TPSA) is 29.8 Å². The summed E-state index contributed by atoms with van der Waals surface area (Å²) in [6.45, 7) is 5.91. The van der Waals surface area contributed by atoms with Gasteiger partial charge in [-0.3, -0.25) is 0 Å². The number of imidazole rings is 1. The number of nitrogens with zero attached hydrogens (tertiary/aromatic N) is 3. The van der Waals surface area contributed by atoms with Crippen LogP contribution in [-0.2, 0) is 10.6 Å². The number of aromatic nitrogens is 2. The monoisotopic (exact) mass is 279 g/mol. The van der Waals surface area contributed by atoms with Gasteiger partial charge in [-0.15, -0.1) is 11.6 Å². The molecule has 0 N–H and O–H groups in total. The standard InChI is InChI=1S/C14H18ClN3O/c1-10-8-17(9-11(2)19-10)14-12(7-15)18-6-4-3-5-13(18)16-14/h3-6,10-11H,7-9H2,1-2H3. The number of hydrogen-bond donors (Lipinski definition) is 0. The predicted octanol–water partition coefficient (Wildman–Crippen LogP) is 2.69. The molecule has 5 heteroatoms. The fraction of sp³-hybridized carbons (Fsp3) is 0.500. The Morgan fingerprint density at radius 3 is 2.74 bits per heavy atom. The molecule has 102 valence electrons. The fourth-order valence-corrected chi connectivity index (χ4v) is 3.01. The zero-order chi connectivity index (χ0) is 13.4. The second kappa shape index (κ2) is 5.02. The molecular formula is C14H18ClN3O. The van der Waals surface area contributed by atoms with E-state index in [1.807, 2.05) is 24.4 Å². The smallest absolute Gasteiger partial charge is 0.152 e. The van der Waals surface area contributed by atoms with Crippen LogP contribution in [0.4, 0.5) is 5.82 Å². The third kappa shape index (κ3) is 2.30. The van der Waals surface area contributed by atoms with E-state index in [0.29, 0.717) is 5.88 Å². The van der Waals surface area contributed by atoms with E-state index in [0.717, 1.165) is 30.2 Å². The minimum Gasteiger partial charge on any atom is -0.372 e. The first-order valence-electron chi connectivity index (χ1n) is 6.61. The molecule has 1 aliphatic heterocycles. The number of rotatable bonds is 2. The van der Waals surface area contributed by atoms with Gasteiger partial charge in [0.1, 0.15) is 5.65 Å². The average molecular weight is 280 g/mol. The van der Waals surface area contributed by atoms with Crippen LogP contribution in [0.2, 0.25) is 0 Å². The van der Waals surface area contributed by atoms with E-state index in [2.05, 4.69) is 23.1 Å². The van der Waals surface area contributed by atoms with Gasteiger partial charge >= 0.3 is 0 Å². The quantitative estimate of drug-likeness (QED) is 0.792. The summed E-state index contributed by atoms with van der Waals surface area (Å²) in [5.41, 5.74) is 2.00. The maximum Gasteiger partial charge on any atom is 0.152 e. The highest BCUT2D eigenvalue weighted by Gasteiger charge is 2.26. The zero-order valence-electron chi connectivity index (χ0n) is 11.2. The maximum absolute atomic E-state index is 6.13. The Morgan fingerprint density at radius 2 is 2.05 bits per heavy atom. The van der Waals surface area contributed by atoms with Crippen molar-refractivity contribution in [3.05, 3.63) is 30.1 Å². The highest BCUT2D eigenvalue weighted by atomic mass is 35.5. The van der Waals surface area contributed by atoms with Gasteiger partial charge in [0.05, 0.1) is 23.8 Å². The van der Waals surface area contributed by atoms with Crippen molar-refractivity contribution in [2.75, 3.05) is 18.0 Å². The van der Waals surface area contributed by atoms with Gasteiger partial charge in [-0.1, -0.05) is 6.07 Å². The molecular weight excluding hydrogens is 262 g/mol. The molecule has 3 rings (SSSR count). The van der Waals surface area contributed by atoms with Crippen molar-refractivity contribution in [3.63, 3.8) is 0 Å².